The fourth-order valence-corrected chi connectivity index (χ4v) is 13.0. The van der Waals surface area contributed by atoms with Crippen LogP contribution in [0, 0.1) is 17.0 Å². The number of rotatable bonds is 21. The number of pyridine rings is 1. The zero-order chi connectivity index (χ0) is 53.5. The molecule has 5 fully saturated rings. The van der Waals surface area contributed by atoms with Crippen molar-refractivity contribution >= 4 is 74.6 Å². The van der Waals surface area contributed by atoms with Crippen LogP contribution in [0.3, 0.4) is 0 Å². The number of para-hydroxylation sites is 1. The molecule has 10 rings (SSSR count). The number of piperidine rings is 3. The van der Waals surface area contributed by atoms with Gasteiger partial charge in [0.25, 0.3) is 11.8 Å². The van der Waals surface area contributed by atoms with E-state index in [-0.39, 0.29) is 100 Å². The highest BCUT2D eigenvalue weighted by Crippen LogP contribution is 2.40. The number of carbonyl (C=O) groups excluding carboxylic acids is 4. The first-order chi connectivity index (χ1) is 36.6. The van der Waals surface area contributed by atoms with Crippen molar-refractivity contribution in [2.75, 3.05) is 56.5 Å². The van der Waals surface area contributed by atoms with Gasteiger partial charge in [-0.2, -0.15) is 17.8 Å². The molecule has 5 aromatic rings. The number of benzene rings is 4. The number of nitrogens with one attached hydrogen (secondary N) is 2. The summed E-state index contributed by atoms with van der Waals surface area (Å²) in [5.74, 6) is -1.52. The molecule has 17 nitrogen and oxygen atoms in total. The van der Waals surface area contributed by atoms with Gasteiger partial charge in [0, 0.05) is 60.7 Å². The van der Waals surface area contributed by atoms with E-state index < -0.39 is 52.0 Å². The molecule has 3 atom stereocenters. The minimum absolute atomic E-state index is 0.00358. The molecule has 0 spiro atoms. The summed E-state index contributed by atoms with van der Waals surface area (Å²) in [4.78, 5) is 58.3. The zero-order valence-electron chi connectivity index (χ0n) is 40.9. The van der Waals surface area contributed by atoms with Gasteiger partial charge >= 0.3 is 18.7 Å². The second-order valence-corrected chi connectivity index (χ2v) is 22.7. The minimum atomic E-state index is -4.45. The van der Waals surface area contributed by atoms with Crippen LogP contribution in [0.4, 0.5) is 19.3 Å². The predicted molar refractivity (Wildman–Crippen MR) is 279 cm³/mol. The molecule has 2 bridgehead atoms. The average molecular weight is 1120 g/mol. The van der Waals surface area contributed by atoms with E-state index in [1.54, 1.807) is 23.1 Å². The number of carbonyl (C=O) groups is 4. The lowest BCUT2D eigenvalue weighted by molar-refractivity contribution is -0.605. The Morgan fingerprint density at radius 2 is 1.51 bits per heavy atom. The molecule has 1 aromatic heterocycles. The lowest BCUT2D eigenvalue weighted by Gasteiger charge is -2.44. The fourth-order valence-electron chi connectivity index (χ4n) is 9.34. The summed E-state index contributed by atoms with van der Waals surface area (Å²) in [7, 11) is -4.45. The number of ether oxygens (including phenoxy) is 4. The topological polar surface area (TPSA) is 200 Å². The van der Waals surface area contributed by atoms with Gasteiger partial charge in [0.05, 0.1) is 18.0 Å². The molecule has 1 aliphatic carbocycles. The first-order valence-electron chi connectivity index (χ1n) is 24.7. The maximum absolute atomic E-state index is 14.3. The minimum Gasteiger partial charge on any atom is -0.619 e. The van der Waals surface area contributed by atoms with Gasteiger partial charge in [0.1, 0.15) is 22.3 Å². The van der Waals surface area contributed by atoms with Crippen molar-refractivity contribution in [3.63, 3.8) is 0 Å². The molecule has 76 heavy (non-hydrogen) atoms. The Balaban J connectivity index is 0.825. The SMILES string of the molecule is O=C(NCCNC(=O)c1cccc(S(=O)(=O)N2CCS[C@H]2C(=O)OC(Cc2c(Cl)c[n+]([O-])cc2Cl)c2ccc(OC(F)F)c(OCC3CC3)c2)c1)c1cccc(CN(C(=O)O[C@H]2CN3CCC2CC3)c2ccccc2)c1. The van der Waals surface area contributed by atoms with Crippen LogP contribution < -0.4 is 29.7 Å². The first-order valence-corrected chi connectivity index (χ1v) is 28.0. The first kappa shape index (κ1) is 54.6. The van der Waals surface area contributed by atoms with Crippen molar-refractivity contribution in [1.82, 2.24) is 19.8 Å². The molecule has 402 valence electrons. The Bertz CT molecular complexity index is 3020. The van der Waals surface area contributed by atoms with Gasteiger partial charge in [-0.15, -0.1) is 11.8 Å². The van der Waals surface area contributed by atoms with Gasteiger partial charge in [-0.05, 0) is 116 Å². The van der Waals surface area contributed by atoms with Crippen LogP contribution >= 0.6 is 35.0 Å². The maximum Gasteiger partial charge on any atom is 0.414 e. The van der Waals surface area contributed by atoms with Crippen LogP contribution in [0.15, 0.2) is 114 Å². The number of anilines is 1. The van der Waals surface area contributed by atoms with E-state index in [0.717, 1.165) is 67.2 Å². The molecule has 4 aliphatic heterocycles. The third-order valence-electron chi connectivity index (χ3n) is 13.5. The van der Waals surface area contributed by atoms with Crippen molar-refractivity contribution in [3.8, 4) is 11.5 Å². The van der Waals surface area contributed by atoms with Gasteiger partial charge < -0.3 is 34.8 Å². The normalized spacial score (nSPS) is 19.6. The molecule has 4 aromatic carbocycles. The maximum atomic E-state index is 14.3. The van der Waals surface area contributed by atoms with Gasteiger partial charge in [0.2, 0.25) is 10.0 Å². The summed E-state index contributed by atoms with van der Waals surface area (Å²) in [5, 5.41) is 16.1. The van der Waals surface area contributed by atoms with Crippen LogP contribution in [0.2, 0.25) is 10.0 Å². The number of sulfonamides is 1. The number of thioether (sulfide) groups is 1. The van der Waals surface area contributed by atoms with E-state index in [1.807, 2.05) is 36.4 Å². The van der Waals surface area contributed by atoms with Gasteiger partial charge in [-0.25, -0.2) is 18.0 Å². The molecule has 23 heteroatoms. The molecule has 4 saturated heterocycles. The Morgan fingerprint density at radius 1 is 0.829 bits per heavy atom. The van der Waals surface area contributed by atoms with Crippen LogP contribution in [0.1, 0.15) is 69.2 Å². The van der Waals surface area contributed by atoms with Crippen molar-refractivity contribution < 1.29 is 60.1 Å². The molecular formula is C53H54Cl2F2N6O11S2. The summed E-state index contributed by atoms with van der Waals surface area (Å²) in [5.41, 5.74) is 2.15. The van der Waals surface area contributed by atoms with E-state index in [4.69, 9.17) is 42.1 Å². The Labute approximate surface area is 452 Å². The van der Waals surface area contributed by atoms with E-state index in [2.05, 4.69) is 15.5 Å². The van der Waals surface area contributed by atoms with Crippen molar-refractivity contribution in [2.24, 2.45) is 11.8 Å². The highest BCUT2D eigenvalue weighted by Gasteiger charge is 2.43. The number of esters is 1. The van der Waals surface area contributed by atoms with Gasteiger partial charge in [-0.3, -0.25) is 19.4 Å². The molecule has 0 radical (unpaired) electrons. The summed E-state index contributed by atoms with van der Waals surface area (Å²) in [6.45, 7) is -0.119. The van der Waals surface area contributed by atoms with Crippen molar-refractivity contribution in [2.45, 2.75) is 67.7 Å². The van der Waals surface area contributed by atoms with E-state index in [1.165, 1.54) is 42.5 Å². The molecule has 3 amide bonds. The Morgan fingerprint density at radius 3 is 2.17 bits per heavy atom. The Kier molecular flexibility index (Phi) is 17.5. The third-order valence-corrected chi connectivity index (χ3v) is 17.4. The van der Waals surface area contributed by atoms with E-state index >= 15 is 0 Å². The molecule has 1 saturated carbocycles. The number of nitrogens with zero attached hydrogens (tertiary/aromatic N) is 4. The van der Waals surface area contributed by atoms with E-state index in [0.29, 0.717) is 34.0 Å². The smallest absolute Gasteiger partial charge is 0.414 e. The van der Waals surface area contributed by atoms with E-state index in [9.17, 15) is 41.6 Å². The summed E-state index contributed by atoms with van der Waals surface area (Å²) >= 11 is 13.9. The standard InChI is InChI=1S/C53H54Cl2F2N6O11S2/c54-42-29-61(68)30-43(55)41(42)27-45(36-14-15-44(73-52(56)57)46(26-36)71-32-33-12-13-33)72-51(66)50-63(22-23-75-50)76(69,70)40-11-5-8-38(25-40)49(65)59-19-18-58-48(64)37-7-4-6-34(24-37)28-62(39-9-2-1-3-10-39)53(67)74-47-31-60-20-16-35(47)17-21-60/h1-11,14-15,24-26,29-30,33,35,45,47,50,52H,12-13,16-23,27-28,31-32H2,(H,58,64)(H,59,65)/t45?,47-,50-/m0/s1. The lowest BCUT2D eigenvalue weighted by Crippen LogP contribution is -2.53. The third kappa shape index (κ3) is 13.5. The number of hydrogen-bond donors (Lipinski definition) is 2. The lowest BCUT2D eigenvalue weighted by atomic mass is 9.86. The molecule has 5 heterocycles. The number of halogens is 4. The van der Waals surface area contributed by atoms with Crippen molar-refractivity contribution in [3.05, 3.63) is 153 Å². The molecule has 2 N–H and O–H groups in total. The highest BCUT2D eigenvalue weighted by atomic mass is 35.5. The van der Waals surface area contributed by atoms with Crippen LogP contribution in [-0.2, 0) is 37.3 Å². The highest BCUT2D eigenvalue weighted by molar-refractivity contribution is 8.02. The van der Waals surface area contributed by atoms with Crippen LogP contribution in [0.25, 0.3) is 0 Å². The number of fused-ring (bicyclic) bond motifs is 3. The fraction of sp³-hybridized carbons (Fsp3) is 0.377. The largest absolute Gasteiger partial charge is 0.619 e. The zero-order valence-corrected chi connectivity index (χ0v) is 44.0. The number of hydrogen-bond acceptors (Lipinski definition) is 13. The van der Waals surface area contributed by atoms with Gasteiger partial charge in [-0.1, -0.05) is 65.7 Å². The quantitative estimate of drug-likeness (QED) is 0.0310. The average Bonchev–Trinajstić information content (AvgIpc) is 4.11. The Hall–Kier alpha value is -6.23. The summed E-state index contributed by atoms with van der Waals surface area (Å²) in [6.07, 6.45) is 3.80. The second kappa shape index (κ2) is 24.4. The molecule has 5 aliphatic rings. The summed E-state index contributed by atoms with van der Waals surface area (Å²) < 4.78 is 79.5. The van der Waals surface area contributed by atoms with Crippen molar-refractivity contribution in [1.29, 1.82) is 0 Å². The number of aromatic nitrogens is 1. The van der Waals surface area contributed by atoms with Crippen LogP contribution in [0.5, 0.6) is 11.5 Å². The molecular weight excluding hydrogens is 1070 g/mol. The number of amides is 3. The number of alkyl halides is 2. The monoisotopic (exact) mass is 1120 g/mol. The summed E-state index contributed by atoms with van der Waals surface area (Å²) in [6, 6.07) is 25.4. The van der Waals surface area contributed by atoms with Crippen LogP contribution in [-0.4, -0.2) is 111 Å². The predicted octanol–water partition coefficient (Wildman–Crippen LogP) is 8.01. The van der Waals surface area contributed by atoms with Gasteiger partial charge in [0.15, 0.2) is 29.3 Å². The molecule has 1 unspecified atom stereocenters. The second-order valence-electron chi connectivity index (χ2n) is 18.8.